The van der Waals surface area contributed by atoms with E-state index in [2.05, 4.69) is 22.4 Å². The first kappa shape index (κ1) is 23.2. The van der Waals surface area contributed by atoms with Gasteiger partial charge in [-0.2, -0.15) is 0 Å². The summed E-state index contributed by atoms with van der Waals surface area (Å²) in [5.74, 6) is 2.44. The van der Waals surface area contributed by atoms with Gasteiger partial charge in [-0.3, -0.25) is 9.78 Å². The summed E-state index contributed by atoms with van der Waals surface area (Å²) in [5, 5.41) is 5.27. The highest BCUT2D eigenvalue weighted by atomic mass is 16.5. The number of hydrogen-bond donors (Lipinski definition) is 1. The largest absolute Gasteiger partial charge is 0.493 e. The van der Waals surface area contributed by atoms with E-state index in [9.17, 15) is 4.79 Å². The quantitative estimate of drug-likeness (QED) is 0.289. The minimum Gasteiger partial charge on any atom is -0.493 e. The molecule has 0 spiro atoms. The van der Waals surface area contributed by atoms with Gasteiger partial charge in [0.2, 0.25) is 0 Å². The second kappa shape index (κ2) is 10.4. The van der Waals surface area contributed by atoms with Crippen LogP contribution in [0.5, 0.6) is 23.0 Å². The van der Waals surface area contributed by atoms with E-state index in [0.717, 1.165) is 28.1 Å². The predicted octanol–water partition coefficient (Wildman–Crippen LogP) is 6.17. The molecule has 1 aromatic heterocycles. The van der Waals surface area contributed by atoms with Crippen molar-refractivity contribution in [3.05, 3.63) is 102 Å². The summed E-state index contributed by atoms with van der Waals surface area (Å²) in [6.07, 6.45) is 2.50. The number of pyridine rings is 1. The Morgan fingerprint density at radius 1 is 0.861 bits per heavy atom. The Kier molecular flexibility index (Phi) is 6.67. The van der Waals surface area contributed by atoms with Gasteiger partial charge in [-0.25, -0.2) is 0 Å². The molecule has 5 aromatic rings. The van der Waals surface area contributed by atoms with Gasteiger partial charge in [-0.1, -0.05) is 42.5 Å². The molecule has 5 rings (SSSR count). The Morgan fingerprint density at radius 3 is 2.53 bits per heavy atom. The lowest BCUT2D eigenvalue weighted by atomic mass is 10.0. The molecule has 0 unspecified atom stereocenters. The number of aromatic nitrogens is 1. The maximum Gasteiger partial charge on any atom is 0.251 e. The standard InChI is InChI=1S/C30H26N2O4/c1-31-30(33)24-10-6-9-21-17-22(11-12-23(21)24)36-27-13-15-32-26-19-29(28(34-2)18-25(26)27)35-16-14-20-7-4-3-5-8-20/h3-13,15,17-19H,14,16H2,1-2H3,(H,31,33). The minimum atomic E-state index is -0.122. The third-order valence-corrected chi connectivity index (χ3v) is 6.03. The van der Waals surface area contributed by atoms with Gasteiger partial charge in [-0.05, 0) is 52.7 Å². The molecule has 0 atom stereocenters. The number of benzene rings is 4. The number of rotatable bonds is 8. The predicted molar refractivity (Wildman–Crippen MR) is 141 cm³/mol. The van der Waals surface area contributed by atoms with E-state index in [-0.39, 0.29) is 5.91 Å². The van der Waals surface area contributed by atoms with Gasteiger partial charge in [0.25, 0.3) is 5.91 Å². The average Bonchev–Trinajstić information content (AvgIpc) is 2.92. The van der Waals surface area contributed by atoms with Crippen molar-refractivity contribution in [1.29, 1.82) is 0 Å². The molecule has 1 N–H and O–H groups in total. The van der Waals surface area contributed by atoms with Crippen molar-refractivity contribution in [2.75, 3.05) is 20.8 Å². The Morgan fingerprint density at radius 2 is 1.72 bits per heavy atom. The maximum atomic E-state index is 12.2. The topological polar surface area (TPSA) is 69.7 Å². The Hall–Kier alpha value is -4.58. The van der Waals surface area contributed by atoms with Gasteiger partial charge in [-0.15, -0.1) is 0 Å². The molecule has 0 saturated heterocycles. The number of carbonyl (C=O) groups is 1. The van der Waals surface area contributed by atoms with Gasteiger partial charge in [0.05, 0.1) is 19.2 Å². The van der Waals surface area contributed by atoms with Crippen molar-refractivity contribution < 1.29 is 19.0 Å². The highest BCUT2D eigenvalue weighted by Gasteiger charge is 2.13. The third-order valence-electron chi connectivity index (χ3n) is 6.03. The van der Waals surface area contributed by atoms with Crippen LogP contribution < -0.4 is 19.5 Å². The van der Waals surface area contributed by atoms with Crippen LogP contribution in [0.4, 0.5) is 0 Å². The Balaban J connectivity index is 1.42. The molecule has 4 aromatic carbocycles. The van der Waals surface area contributed by atoms with E-state index in [1.54, 1.807) is 20.4 Å². The molecule has 1 amide bonds. The fourth-order valence-corrected chi connectivity index (χ4v) is 4.20. The zero-order chi connectivity index (χ0) is 24.9. The molecule has 0 saturated carbocycles. The van der Waals surface area contributed by atoms with E-state index in [1.165, 1.54) is 5.56 Å². The third kappa shape index (κ3) is 4.79. The lowest BCUT2D eigenvalue weighted by Gasteiger charge is -2.14. The van der Waals surface area contributed by atoms with Crippen LogP contribution in [0.25, 0.3) is 21.7 Å². The Labute approximate surface area is 209 Å². The molecule has 0 aliphatic carbocycles. The molecule has 0 aliphatic rings. The number of amides is 1. The van der Waals surface area contributed by atoms with E-state index in [1.807, 2.05) is 72.8 Å². The average molecular weight is 479 g/mol. The first-order chi connectivity index (χ1) is 17.7. The number of nitrogens with one attached hydrogen (secondary N) is 1. The molecular weight excluding hydrogens is 452 g/mol. The van der Waals surface area contributed by atoms with Gasteiger partial charge in [0.1, 0.15) is 11.5 Å². The van der Waals surface area contributed by atoms with Crippen LogP contribution >= 0.6 is 0 Å². The van der Waals surface area contributed by atoms with Crippen molar-refractivity contribution in [3.8, 4) is 23.0 Å². The van der Waals surface area contributed by atoms with Crippen molar-refractivity contribution >= 4 is 27.6 Å². The lowest BCUT2D eigenvalue weighted by molar-refractivity contribution is 0.0964. The monoisotopic (exact) mass is 478 g/mol. The SMILES string of the molecule is CNC(=O)c1cccc2cc(Oc3ccnc4cc(OCCc5ccccc5)c(OC)cc34)ccc12. The summed E-state index contributed by atoms with van der Waals surface area (Å²) in [5.41, 5.74) is 2.58. The fourth-order valence-electron chi connectivity index (χ4n) is 4.20. The molecule has 180 valence electrons. The van der Waals surface area contributed by atoms with Crippen molar-refractivity contribution in [1.82, 2.24) is 10.3 Å². The number of methoxy groups -OCH3 is 1. The highest BCUT2D eigenvalue weighted by molar-refractivity contribution is 6.07. The number of ether oxygens (including phenoxy) is 3. The van der Waals surface area contributed by atoms with Gasteiger partial charge in [0, 0.05) is 36.7 Å². The zero-order valence-electron chi connectivity index (χ0n) is 20.2. The fraction of sp³-hybridized carbons (Fsp3) is 0.133. The smallest absolute Gasteiger partial charge is 0.251 e. The van der Waals surface area contributed by atoms with Crippen molar-refractivity contribution in [2.24, 2.45) is 0 Å². The molecule has 0 radical (unpaired) electrons. The van der Waals surface area contributed by atoms with Crippen molar-refractivity contribution in [2.45, 2.75) is 6.42 Å². The first-order valence-corrected chi connectivity index (χ1v) is 11.7. The minimum absolute atomic E-state index is 0.122. The molecule has 1 heterocycles. The van der Waals surface area contributed by atoms with Gasteiger partial charge < -0.3 is 19.5 Å². The molecule has 36 heavy (non-hydrogen) atoms. The van der Waals surface area contributed by atoms with E-state index < -0.39 is 0 Å². The van der Waals surface area contributed by atoms with Crippen LogP contribution in [0, 0.1) is 0 Å². The summed E-state index contributed by atoms with van der Waals surface area (Å²) in [7, 11) is 3.25. The molecule has 0 fully saturated rings. The summed E-state index contributed by atoms with van der Waals surface area (Å²) in [6, 6.07) is 27.1. The van der Waals surface area contributed by atoms with Crippen LogP contribution in [0.3, 0.4) is 0 Å². The molecule has 6 heteroatoms. The van der Waals surface area contributed by atoms with Crippen LogP contribution in [0.2, 0.25) is 0 Å². The molecule has 0 bridgehead atoms. The normalized spacial score (nSPS) is 10.8. The van der Waals surface area contributed by atoms with Gasteiger partial charge >= 0.3 is 0 Å². The second-order valence-corrected chi connectivity index (χ2v) is 8.28. The van der Waals surface area contributed by atoms with Gasteiger partial charge in [0.15, 0.2) is 11.5 Å². The van der Waals surface area contributed by atoms with Crippen molar-refractivity contribution in [3.63, 3.8) is 0 Å². The van der Waals surface area contributed by atoms with Crippen LogP contribution in [-0.2, 0) is 6.42 Å². The molecule has 6 nitrogen and oxygen atoms in total. The Bertz CT molecular complexity index is 1530. The number of nitrogens with zero attached hydrogens (tertiary/aromatic N) is 1. The number of carbonyl (C=O) groups excluding carboxylic acids is 1. The van der Waals surface area contributed by atoms with Crippen LogP contribution in [0.1, 0.15) is 15.9 Å². The van der Waals surface area contributed by atoms with E-state index >= 15 is 0 Å². The summed E-state index contributed by atoms with van der Waals surface area (Å²) >= 11 is 0. The molecule has 0 aliphatic heterocycles. The van der Waals surface area contributed by atoms with Crippen LogP contribution in [-0.4, -0.2) is 31.7 Å². The second-order valence-electron chi connectivity index (χ2n) is 8.28. The zero-order valence-corrected chi connectivity index (χ0v) is 20.2. The number of fused-ring (bicyclic) bond motifs is 2. The maximum absolute atomic E-state index is 12.2. The number of hydrogen-bond acceptors (Lipinski definition) is 5. The first-order valence-electron chi connectivity index (χ1n) is 11.7. The van der Waals surface area contributed by atoms with E-state index in [0.29, 0.717) is 35.2 Å². The summed E-state index contributed by atoms with van der Waals surface area (Å²) in [6.45, 7) is 0.525. The summed E-state index contributed by atoms with van der Waals surface area (Å²) < 4.78 is 17.9. The van der Waals surface area contributed by atoms with Crippen LogP contribution in [0.15, 0.2) is 91.1 Å². The summed E-state index contributed by atoms with van der Waals surface area (Å²) in [4.78, 5) is 16.7. The van der Waals surface area contributed by atoms with E-state index in [4.69, 9.17) is 14.2 Å². The highest BCUT2D eigenvalue weighted by Crippen LogP contribution is 2.37. The lowest BCUT2D eigenvalue weighted by Crippen LogP contribution is -2.17. The molecular formula is C30H26N2O4.